The first kappa shape index (κ1) is 15.4. The molecular formula is C16H11N3O2S2. The molecule has 0 spiro atoms. The number of carbonyl (C=O) groups excluding carboxylic acids is 2. The Hall–Kier alpha value is -2.51. The topological polar surface area (TPSA) is 62.3 Å². The molecule has 2 heterocycles. The summed E-state index contributed by atoms with van der Waals surface area (Å²) in [4.78, 5) is 29.0. The summed E-state index contributed by atoms with van der Waals surface area (Å²) in [7, 11) is 0. The van der Waals surface area contributed by atoms with Crippen LogP contribution < -0.4 is 5.43 Å². The maximum atomic E-state index is 12.4. The van der Waals surface area contributed by atoms with Gasteiger partial charge in [0.25, 0.3) is 11.8 Å². The first-order chi connectivity index (χ1) is 11.1. The molecule has 0 bridgehead atoms. The minimum atomic E-state index is -0.385. The van der Waals surface area contributed by atoms with Gasteiger partial charge in [-0.25, -0.2) is 0 Å². The van der Waals surface area contributed by atoms with Crippen molar-refractivity contribution in [2.75, 3.05) is 0 Å². The van der Waals surface area contributed by atoms with Gasteiger partial charge in [0.2, 0.25) is 0 Å². The van der Waals surface area contributed by atoms with Crippen LogP contribution in [0.4, 0.5) is 0 Å². The van der Waals surface area contributed by atoms with Crippen molar-refractivity contribution in [2.45, 2.75) is 0 Å². The van der Waals surface area contributed by atoms with Gasteiger partial charge in [-0.2, -0.15) is 5.01 Å². The molecule has 114 valence electrons. The largest absolute Gasteiger partial charge is 0.285 e. The van der Waals surface area contributed by atoms with E-state index in [4.69, 9.17) is 12.2 Å². The summed E-state index contributed by atoms with van der Waals surface area (Å²) >= 11 is 6.32. The lowest BCUT2D eigenvalue weighted by Crippen LogP contribution is -2.44. The van der Waals surface area contributed by atoms with E-state index in [1.54, 1.807) is 48.8 Å². The van der Waals surface area contributed by atoms with Crippen molar-refractivity contribution in [2.24, 2.45) is 0 Å². The average molecular weight is 341 g/mol. The van der Waals surface area contributed by atoms with Crippen molar-refractivity contribution in [1.29, 1.82) is 0 Å². The number of nitrogens with zero attached hydrogens (tertiary/aromatic N) is 2. The Morgan fingerprint density at radius 2 is 2.00 bits per heavy atom. The fourth-order valence-corrected chi connectivity index (χ4v) is 3.11. The second-order valence-electron chi connectivity index (χ2n) is 4.61. The molecule has 2 aromatic rings. The van der Waals surface area contributed by atoms with Crippen LogP contribution in [-0.4, -0.2) is 26.1 Å². The summed E-state index contributed by atoms with van der Waals surface area (Å²) < 4.78 is 0.287. The fourth-order valence-electron chi connectivity index (χ4n) is 1.93. The smallest absolute Gasteiger partial charge is 0.267 e. The number of thiocarbonyl (C=S) groups is 1. The Kier molecular flexibility index (Phi) is 4.50. The van der Waals surface area contributed by atoms with Crippen LogP contribution in [0.15, 0.2) is 59.8 Å². The molecule has 7 heteroatoms. The van der Waals surface area contributed by atoms with E-state index in [2.05, 4.69) is 10.4 Å². The third kappa shape index (κ3) is 3.46. The maximum Gasteiger partial charge on any atom is 0.285 e. The summed E-state index contributed by atoms with van der Waals surface area (Å²) in [5.74, 6) is -0.738. The van der Waals surface area contributed by atoms with Crippen LogP contribution in [0.1, 0.15) is 15.9 Å². The zero-order chi connectivity index (χ0) is 16.2. The molecule has 1 N–H and O–H groups in total. The Labute approximate surface area is 142 Å². The lowest BCUT2D eigenvalue weighted by molar-refractivity contribution is -0.123. The molecule has 0 unspecified atom stereocenters. The summed E-state index contributed by atoms with van der Waals surface area (Å²) in [6, 6.07) is 12.3. The van der Waals surface area contributed by atoms with Crippen molar-refractivity contribution in [3.63, 3.8) is 0 Å². The number of benzene rings is 1. The number of pyridine rings is 1. The summed E-state index contributed by atoms with van der Waals surface area (Å²) in [5.41, 5.74) is 3.79. The van der Waals surface area contributed by atoms with E-state index in [-0.39, 0.29) is 16.1 Å². The van der Waals surface area contributed by atoms with E-state index in [0.717, 1.165) is 22.3 Å². The number of hydrogen-bond donors (Lipinski definition) is 1. The van der Waals surface area contributed by atoms with Gasteiger partial charge < -0.3 is 0 Å². The molecule has 1 fully saturated rings. The molecular weight excluding hydrogens is 330 g/mol. The predicted molar refractivity (Wildman–Crippen MR) is 93.2 cm³/mol. The third-order valence-electron chi connectivity index (χ3n) is 3.03. The second-order valence-corrected chi connectivity index (χ2v) is 6.29. The molecule has 1 aromatic heterocycles. The van der Waals surface area contributed by atoms with Gasteiger partial charge in [0.1, 0.15) is 0 Å². The van der Waals surface area contributed by atoms with E-state index in [9.17, 15) is 9.59 Å². The van der Waals surface area contributed by atoms with Crippen molar-refractivity contribution >= 4 is 46.2 Å². The first-order valence-electron chi connectivity index (χ1n) is 6.69. The molecule has 0 atom stereocenters. The fraction of sp³-hybridized carbons (Fsp3) is 0. The minimum Gasteiger partial charge on any atom is -0.267 e. The SMILES string of the molecule is O=C(NN1C(=O)/C(=C\c2cccnc2)SC1=S)c1ccccc1. The molecule has 1 aliphatic rings. The van der Waals surface area contributed by atoms with Gasteiger partial charge in [-0.05, 0) is 42.1 Å². The Morgan fingerprint density at radius 3 is 2.70 bits per heavy atom. The number of thioether (sulfide) groups is 1. The molecule has 23 heavy (non-hydrogen) atoms. The molecule has 0 aliphatic carbocycles. The highest BCUT2D eigenvalue weighted by atomic mass is 32.2. The second kappa shape index (κ2) is 6.72. The number of nitrogens with one attached hydrogen (secondary N) is 1. The van der Waals surface area contributed by atoms with E-state index in [1.807, 2.05) is 12.1 Å². The van der Waals surface area contributed by atoms with Gasteiger partial charge in [0.15, 0.2) is 4.32 Å². The van der Waals surface area contributed by atoms with Gasteiger partial charge in [-0.3, -0.25) is 20.0 Å². The van der Waals surface area contributed by atoms with E-state index in [0.29, 0.717) is 10.5 Å². The minimum absolute atomic E-state index is 0.287. The van der Waals surface area contributed by atoms with Gasteiger partial charge in [0, 0.05) is 18.0 Å². The molecule has 0 radical (unpaired) electrons. The quantitative estimate of drug-likeness (QED) is 0.687. The van der Waals surface area contributed by atoms with Gasteiger partial charge in [-0.1, -0.05) is 36.0 Å². The lowest BCUT2D eigenvalue weighted by atomic mass is 10.2. The summed E-state index contributed by atoms with van der Waals surface area (Å²) in [6.07, 6.45) is 5.00. The van der Waals surface area contributed by atoms with Crippen molar-refractivity contribution in [3.8, 4) is 0 Å². The molecule has 5 nitrogen and oxygen atoms in total. The zero-order valence-corrected chi connectivity index (χ0v) is 13.4. The van der Waals surface area contributed by atoms with E-state index >= 15 is 0 Å². The summed E-state index contributed by atoms with van der Waals surface area (Å²) in [6.45, 7) is 0. The standard InChI is InChI=1S/C16H11N3O2S2/c20-14(12-6-2-1-3-7-12)18-19-15(21)13(23-16(19)22)9-11-5-4-8-17-10-11/h1-10H,(H,18,20)/b13-9+. The Morgan fingerprint density at radius 1 is 1.22 bits per heavy atom. The van der Waals surface area contributed by atoms with Gasteiger partial charge in [-0.15, -0.1) is 0 Å². The highest BCUT2D eigenvalue weighted by Gasteiger charge is 2.33. The number of carbonyl (C=O) groups is 2. The van der Waals surface area contributed by atoms with Crippen LogP contribution in [0, 0.1) is 0 Å². The van der Waals surface area contributed by atoms with Crippen LogP contribution in [-0.2, 0) is 4.79 Å². The van der Waals surface area contributed by atoms with Gasteiger partial charge in [0.05, 0.1) is 4.91 Å². The highest BCUT2D eigenvalue weighted by Crippen LogP contribution is 2.31. The van der Waals surface area contributed by atoms with Crippen molar-refractivity contribution < 1.29 is 9.59 Å². The highest BCUT2D eigenvalue weighted by molar-refractivity contribution is 8.26. The van der Waals surface area contributed by atoms with Crippen molar-refractivity contribution in [1.82, 2.24) is 15.4 Å². The van der Waals surface area contributed by atoms with Crippen molar-refractivity contribution in [3.05, 3.63) is 70.9 Å². The van der Waals surface area contributed by atoms with Crippen LogP contribution in [0.5, 0.6) is 0 Å². The summed E-state index contributed by atoms with van der Waals surface area (Å²) in [5, 5.41) is 1.09. The molecule has 1 aromatic carbocycles. The van der Waals surface area contributed by atoms with E-state index in [1.165, 1.54) is 0 Å². The Bertz CT molecular complexity index is 791. The number of rotatable bonds is 3. The molecule has 1 saturated heterocycles. The number of amides is 2. The molecule has 3 rings (SSSR count). The van der Waals surface area contributed by atoms with Crippen LogP contribution >= 0.6 is 24.0 Å². The first-order valence-corrected chi connectivity index (χ1v) is 7.91. The zero-order valence-electron chi connectivity index (χ0n) is 11.8. The van der Waals surface area contributed by atoms with Crippen LogP contribution in [0.3, 0.4) is 0 Å². The molecule has 1 aliphatic heterocycles. The number of hydrogen-bond acceptors (Lipinski definition) is 5. The molecule has 2 amide bonds. The van der Waals surface area contributed by atoms with Gasteiger partial charge >= 0.3 is 0 Å². The number of aromatic nitrogens is 1. The predicted octanol–water partition coefficient (Wildman–Crippen LogP) is 2.63. The Balaban J connectivity index is 1.77. The number of hydrazine groups is 1. The molecule has 0 saturated carbocycles. The third-order valence-corrected chi connectivity index (χ3v) is 4.33. The lowest BCUT2D eigenvalue weighted by Gasteiger charge is -2.15. The normalized spacial score (nSPS) is 16.0. The average Bonchev–Trinajstić information content (AvgIpc) is 2.84. The maximum absolute atomic E-state index is 12.4. The van der Waals surface area contributed by atoms with Crippen LogP contribution in [0.2, 0.25) is 0 Å². The van der Waals surface area contributed by atoms with E-state index < -0.39 is 0 Å². The van der Waals surface area contributed by atoms with Crippen LogP contribution in [0.25, 0.3) is 6.08 Å². The monoisotopic (exact) mass is 341 g/mol.